The van der Waals surface area contributed by atoms with Gasteiger partial charge in [-0.15, -0.1) is 0 Å². The molecule has 0 aromatic heterocycles. The van der Waals surface area contributed by atoms with E-state index in [0.29, 0.717) is 6.61 Å². The van der Waals surface area contributed by atoms with Crippen LogP contribution in [0.15, 0.2) is 0 Å². The number of hydrogen-bond donors (Lipinski definition) is 2. The molecule has 3 nitrogen and oxygen atoms in total. The van der Waals surface area contributed by atoms with Gasteiger partial charge in [0.25, 0.3) is 0 Å². The fourth-order valence-corrected chi connectivity index (χ4v) is 2.77. The molecular weight excluding hydrogens is 211 g/mol. The topological polar surface area (TPSA) is 49.7 Å². The van der Waals surface area contributed by atoms with Crippen LogP contribution in [-0.2, 0) is 4.52 Å². The van der Waals surface area contributed by atoms with E-state index in [-0.39, 0.29) is 5.41 Å². The van der Waals surface area contributed by atoms with Crippen LogP contribution in [0.3, 0.4) is 0 Å². The van der Waals surface area contributed by atoms with Crippen molar-refractivity contribution in [2.45, 2.75) is 59.3 Å². The van der Waals surface area contributed by atoms with E-state index < -0.39 is 8.60 Å². The third kappa shape index (κ3) is 6.47. The Hall–Kier alpha value is 0.310. The molecule has 0 atom stereocenters. The molecule has 0 saturated heterocycles. The van der Waals surface area contributed by atoms with Crippen LogP contribution in [0.5, 0.6) is 0 Å². The van der Waals surface area contributed by atoms with Crippen molar-refractivity contribution in [2.24, 2.45) is 5.41 Å². The zero-order chi connectivity index (χ0) is 11.7. The maximum Gasteiger partial charge on any atom is 0.327 e. The summed E-state index contributed by atoms with van der Waals surface area (Å²) >= 11 is 0. The predicted octanol–water partition coefficient (Wildman–Crippen LogP) is 3.60. The van der Waals surface area contributed by atoms with E-state index in [0.717, 1.165) is 38.5 Å². The largest absolute Gasteiger partial charge is 0.328 e. The molecule has 0 fully saturated rings. The van der Waals surface area contributed by atoms with Gasteiger partial charge in [-0.25, -0.2) is 0 Å². The van der Waals surface area contributed by atoms with Gasteiger partial charge in [0.05, 0.1) is 6.61 Å². The van der Waals surface area contributed by atoms with Gasteiger partial charge in [-0.2, -0.15) is 0 Å². The van der Waals surface area contributed by atoms with Crippen molar-refractivity contribution in [2.75, 3.05) is 6.61 Å². The van der Waals surface area contributed by atoms with Gasteiger partial charge in [0.1, 0.15) is 0 Å². The number of hydrogen-bond acceptors (Lipinski definition) is 3. The molecule has 2 N–H and O–H groups in total. The summed E-state index contributed by atoms with van der Waals surface area (Å²) < 4.78 is 5.04. The van der Waals surface area contributed by atoms with E-state index in [1.807, 2.05) is 0 Å². The monoisotopic (exact) mass is 236 g/mol. The third-order valence-electron chi connectivity index (χ3n) is 2.83. The quantitative estimate of drug-likeness (QED) is 0.601. The van der Waals surface area contributed by atoms with Crippen LogP contribution < -0.4 is 0 Å². The zero-order valence-electron chi connectivity index (χ0n) is 10.2. The van der Waals surface area contributed by atoms with Crippen LogP contribution in [0.4, 0.5) is 0 Å². The maximum atomic E-state index is 8.82. The lowest BCUT2D eigenvalue weighted by atomic mass is 9.76. The Kier molecular flexibility index (Phi) is 8.64. The van der Waals surface area contributed by atoms with Crippen molar-refractivity contribution in [3.63, 3.8) is 0 Å². The van der Waals surface area contributed by atoms with E-state index in [1.165, 1.54) is 0 Å². The molecule has 0 aliphatic heterocycles. The van der Waals surface area contributed by atoms with Crippen LogP contribution in [0.1, 0.15) is 59.3 Å². The summed E-state index contributed by atoms with van der Waals surface area (Å²) in [5, 5.41) is 0. The zero-order valence-corrected chi connectivity index (χ0v) is 11.1. The second kappa shape index (κ2) is 8.46. The first-order valence-corrected chi connectivity index (χ1v) is 7.07. The van der Waals surface area contributed by atoms with Crippen LogP contribution in [0, 0.1) is 5.41 Å². The van der Waals surface area contributed by atoms with Gasteiger partial charge in [0, 0.05) is 0 Å². The molecular formula is C11H25O3P. The average molecular weight is 236 g/mol. The molecule has 0 aliphatic rings. The minimum absolute atomic E-state index is 0.157. The van der Waals surface area contributed by atoms with Gasteiger partial charge < -0.3 is 14.3 Å². The second-order valence-corrected chi connectivity index (χ2v) is 5.04. The fraction of sp³-hybridized carbons (Fsp3) is 1.00. The first-order valence-electron chi connectivity index (χ1n) is 5.91. The molecule has 0 aromatic carbocycles. The van der Waals surface area contributed by atoms with Crippen molar-refractivity contribution in [3.05, 3.63) is 0 Å². The van der Waals surface area contributed by atoms with Crippen LogP contribution in [0.25, 0.3) is 0 Å². The standard InChI is InChI=1S/C11H25O3P/c1-4-7-11(8-5-2,9-6-3)10-14-15(12)13/h12-13H,4-10H2,1-3H3. The van der Waals surface area contributed by atoms with Crippen LogP contribution in [-0.4, -0.2) is 16.4 Å². The highest BCUT2D eigenvalue weighted by atomic mass is 31.2. The summed E-state index contributed by atoms with van der Waals surface area (Å²) in [6.07, 6.45) is 6.70. The van der Waals surface area contributed by atoms with Crippen molar-refractivity contribution in [1.82, 2.24) is 0 Å². The summed E-state index contributed by atoms with van der Waals surface area (Å²) in [7, 11) is -2.20. The van der Waals surface area contributed by atoms with Gasteiger partial charge in [-0.1, -0.05) is 40.0 Å². The van der Waals surface area contributed by atoms with Crippen molar-refractivity contribution < 1.29 is 14.3 Å². The summed E-state index contributed by atoms with van der Waals surface area (Å²) in [4.78, 5) is 17.6. The van der Waals surface area contributed by atoms with Gasteiger partial charge in [0.2, 0.25) is 0 Å². The summed E-state index contributed by atoms with van der Waals surface area (Å²) in [5.41, 5.74) is 0.157. The van der Waals surface area contributed by atoms with Crippen LogP contribution >= 0.6 is 8.60 Å². The third-order valence-corrected chi connectivity index (χ3v) is 3.19. The van der Waals surface area contributed by atoms with Gasteiger partial charge in [-0.3, -0.25) is 0 Å². The highest BCUT2D eigenvalue weighted by Crippen LogP contribution is 2.39. The molecule has 0 heterocycles. The SMILES string of the molecule is CCCC(CCC)(CCC)COP(O)O. The molecule has 4 heteroatoms. The van der Waals surface area contributed by atoms with Crippen LogP contribution in [0.2, 0.25) is 0 Å². The highest BCUT2D eigenvalue weighted by Gasteiger charge is 2.28. The Bertz CT molecular complexity index is 134. The summed E-state index contributed by atoms with van der Waals surface area (Å²) in [6, 6.07) is 0. The maximum absolute atomic E-state index is 8.82. The Labute approximate surface area is 94.9 Å². The second-order valence-electron chi connectivity index (χ2n) is 4.28. The van der Waals surface area contributed by atoms with Crippen molar-refractivity contribution in [1.29, 1.82) is 0 Å². The summed E-state index contributed by atoms with van der Waals surface area (Å²) in [5.74, 6) is 0. The molecule has 0 amide bonds. The molecule has 0 radical (unpaired) electrons. The van der Waals surface area contributed by atoms with E-state index in [1.54, 1.807) is 0 Å². The Morgan fingerprint density at radius 3 is 1.60 bits per heavy atom. The molecule has 92 valence electrons. The van der Waals surface area contributed by atoms with Gasteiger partial charge in [-0.05, 0) is 24.7 Å². The number of rotatable bonds is 9. The first-order chi connectivity index (χ1) is 7.10. The lowest BCUT2D eigenvalue weighted by Crippen LogP contribution is -2.26. The minimum Gasteiger partial charge on any atom is -0.328 e. The Morgan fingerprint density at radius 1 is 0.933 bits per heavy atom. The molecule has 15 heavy (non-hydrogen) atoms. The molecule has 0 rings (SSSR count). The highest BCUT2D eigenvalue weighted by molar-refractivity contribution is 7.39. The molecule has 0 unspecified atom stereocenters. The van der Waals surface area contributed by atoms with E-state index in [2.05, 4.69) is 20.8 Å². The van der Waals surface area contributed by atoms with Gasteiger partial charge >= 0.3 is 8.60 Å². The fourth-order valence-electron chi connectivity index (χ4n) is 2.38. The Morgan fingerprint density at radius 2 is 1.33 bits per heavy atom. The normalized spacial score (nSPS) is 12.4. The predicted molar refractivity (Wildman–Crippen MR) is 64.5 cm³/mol. The minimum atomic E-state index is -2.20. The lowest BCUT2D eigenvalue weighted by Gasteiger charge is -2.33. The average Bonchev–Trinajstić information content (AvgIpc) is 2.16. The van der Waals surface area contributed by atoms with E-state index >= 15 is 0 Å². The molecule has 0 saturated carbocycles. The molecule has 0 aromatic rings. The van der Waals surface area contributed by atoms with E-state index in [4.69, 9.17) is 14.3 Å². The molecule has 0 bridgehead atoms. The molecule has 0 aliphatic carbocycles. The summed E-state index contributed by atoms with van der Waals surface area (Å²) in [6.45, 7) is 6.99. The van der Waals surface area contributed by atoms with Gasteiger partial charge in [0.15, 0.2) is 0 Å². The first kappa shape index (κ1) is 15.3. The smallest absolute Gasteiger partial charge is 0.327 e. The van der Waals surface area contributed by atoms with Crippen molar-refractivity contribution >= 4 is 8.60 Å². The lowest BCUT2D eigenvalue weighted by molar-refractivity contribution is 0.0971. The molecule has 0 spiro atoms. The Balaban J connectivity index is 4.31. The van der Waals surface area contributed by atoms with E-state index in [9.17, 15) is 0 Å². The van der Waals surface area contributed by atoms with Crippen molar-refractivity contribution in [3.8, 4) is 0 Å².